The lowest BCUT2D eigenvalue weighted by Gasteiger charge is -2.46. The van der Waals surface area contributed by atoms with Crippen LogP contribution in [0.5, 0.6) is 0 Å². The van der Waals surface area contributed by atoms with E-state index in [4.69, 9.17) is 9.47 Å². The summed E-state index contributed by atoms with van der Waals surface area (Å²) in [7, 11) is 3.56. The van der Waals surface area contributed by atoms with E-state index in [1.54, 1.807) is 25.6 Å². The maximum Gasteiger partial charge on any atom is 0.416 e. The van der Waals surface area contributed by atoms with Crippen molar-refractivity contribution in [2.45, 2.75) is 68.6 Å². The Morgan fingerprint density at radius 2 is 2.02 bits per heavy atom. The maximum atomic E-state index is 14.3. The molecule has 0 radical (unpaired) electrons. The first-order valence-electron chi connectivity index (χ1n) is 14.0. The Labute approximate surface area is 235 Å². The third-order valence-corrected chi connectivity index (χ3v) is 9.51. The molecule has 2 aromatic carbocycles. The number of methoxy groups -OCH3 is 1. The van der Waals surface area contributed by atoms with Crippen molar-refractivity contribution in [2.75, 3.05) is 18.6 Å². The van der Waals surface area contributed by atoms with Crippen LogP contribution in [0.4, 0.5) is 18.9 Å². The molecule has 2 saturated carbocycles. The van der Waals surface area contributed by atoms with E-state index in [1.165, 1.54) is 11.0 Å². The SMILES string of the molecule is COC1CC(c2cccc(N3Cc4c(cc(CN[C@@H]5C[C@H]6C[C@H]5CO6)cc4C(F)(F)F)C3=O)c2)(c2nncn2C)C1. The molecule has 1 aromatic heterocycles. The number of benzene rings is 2. The molecule has 1 amide bonds. The Hall–Kier alpha value is -3.28. The summed E-state index contributed by atoms with van der Waals surface area (Å²) in [5.41, 5.74) is 0.885. The number of alkyl halides is 3. The van der Waals surface area contributed by atoms with Crippen LogP contribution in [0.15, 0.2) is 42.7 Å². The van der Waals surface area contributed by atoms with Crippen LogP contribution in [0.3, 0.4) is 0 Å². The van der Waals surface area contributed by atoms with E-state index in [0.717, 1.165) is 24.2 Å². The number of amides is 1. The van der Waals surface area contributed by atoms with E-state index in [-0.39, 0.29) is 42.5 Å². The molecule has 0 unspecified atom stereocenters. The third-order valence-electron chi connectivity index (χ3n) is 9.51. The van der Waals surface area contributed by atoms with Gasteiger partial charge in [0.2, 0.25) is 0 Å². The zero-order valence-corrected chi connectivity index (χ0v) is 22.9. The largest absolute Gasteiger partial charge is 0.416 e. The molecule has 3 aromatic rings. The lowest BCUT2D eigenvalue weighted by Crippen LogP contribution is -2.48. The number of hydrogen-bond donors (Lipinski definition) is 1. The molecule has 0 spiro atoms. The van der Waals surface area contributed by atoms with Gasteiger partial charge in [-0.05, 0) is 66.6 Å². The lowest BCUT2D eigenvalue weighted by atomic mass is 9.62. The second-order valence-electron chi connectivity index (χ2n) is 11.9. The highest BCUT2D eigenvalue weighted by atomic mass is 19.4. The number of fused-ring (bicyclic) bond motifs is 3. The number of rotatable bonds is 7. The predicted octanol–water partition coefficient (Wildman–Crippen LogP) is 4.36. The number of carbonyl (C=O) groups is 1. The standard InChI is InChI=1S/C30H32F3N5O3/c1-37-16-35-36-28(37)29(11-22(12-29)40-2)19-4-3-5-20(9-19)38-14-24-23(27(38)39)6-17(7-25(24)30(31,32)33)13-34-26-10-21-8-18(26)15-41-21/h3-7,9,16,18,21-22,26,34H,8,10-15H2,1-2H3/t18-,21+,22?,26+,29?/m0/s1. The van der Waals surface area contributed by atoms with Crippen molar-refractivity contribution in [3.8, 4) is 0 Å². The van der Waals surface area contributed by atoms with E-state index >= 15 is 0 Å². The van der Waals surface area contributed by atoms with Gasteiger partial charge >= 0.3 is 6.18 Å². The zero-order valence-electron chi connectivity index (χ0n) is 22.9. The minimum absolute atomic E-state index is 0.0242. The average Bonchev–Trinajstić information content (AvgIpc) is 3.72. The van der Waals surface area contributed by atoms with Gasteiger partial charge in [0.15, 0.2) is 0 Å². The Bertz CT molecular complexity index is 1500. The molecule has 11 heteroatoms. The van der Waals surface area contributed by atoms with E-state index in [2.05, 4.69) is 15.5 Å². The molecule has 8 nitrogen and oxygen atoms in total. The molecular formula is C30H32F3N5O3. The summed E-state index contributed by atoms with van der Waals surface area (Å²) in [6.07, 6.45) is 0.613. The number of aryl methyl sites for hydroxylation is 1. The number of ether oxygens (including phenoxy) is 2. The van der Waals surface area contributed by atoms with Gasteiger partial charge in [-0.25, -0.2) is 0 Å². The van der Waals surface area contributed by atoms with E-state index in [9.17, 15) is 18.0 Å². The Balaban J connectivity index is 1.19. The van der Waals surface area contributed by atoms with Crippen LogP contribution in [-0.4, -0.2) is 52.6 Å². The summed E-state index contributed by atoms with van der Waals surface area (Å²) >= 11 is 0. The summed E-state index contributed by atoms with van der Waals surface area (Å²) in [5, 5.41) is 11.9. The van der Waals surface area contributed by atoms with Crippen LogP contribution in [0.2, 0.25) is 0 Å². The van der Waals surface area contributed by atoms with Crippen molar-refractivity contribution in [3.63, 3.8) is 0 Å². The maximum absolute atomic E-state index is 14.3. The Morgan fingerprint density at radius 1 is 1.20 bits per heavy atom. The van der Waals surface area contributed by atoms with Crippen molar-refractivity contribution in [1.29, 1.82) is 0 Å². The van der Waals surface area contributed by atoms with Gasteiger partial charge in [0.05, 0.1) is 36.3 Å². The monoisotopic (exact) mass is 567 g/mol. The van der Waals surface area contributed by atoms with Crippen LogP contribution in [-0.2, 0) is 41.2 Å². The van der Waals surface area contributed by atoms with Crippen LogP contribution in [0.1, 0.15) is 64.1 Å². The summed E-state index contributed by atoms with van der Waals surface area (Å²) in [6.45, 7) is 0.826. The molecular weight excluding hydrogens is 535 g/mol. The van der Waals surface area contributed by atoms with Crippen LogP contribution >= 0.6 is 0 Å². The van der Waals surface area contributed by atoms with Gasteiger partial charge in [-0.3, -0.25) is 4.79 Å². The minimum Gasteiger partial charge on any atom is -0.381 e. The Kier molecular flexibility index (Phi) is 6.26. The number of halogens is 3. The first-order valence-corrected chi connectivity index (χ1v) is 14.0. The Morgan fingerprint density at radius 3 is 2.68 bits per heavy atom. The molecule has 1 N–H and O–H groups in total. The van der Waals surface area contributed by atoms with E-state index in [1.807, 2.05) is 29.8 Å². The van der Waals surface area contributed by atoms with Crippen molar-refractivity contribution >= 4 is 11.6 Å². The first kappa shape index (κ1) is 26.6. The third kappa shape index (κ3) is 4.36. The van der Waals surface area contributed by atoms with Crippen molar-refractivity contribution < 1.29 is 27.4 Å². The predicted molar refractivity (Wildman–Crippen MR) is 143 cm³/mol. The second-order valence-corrected chi connectivity index (χ2v) is 11.9. The summed E-state index contributed by atoms with van der Waals surface area (Å²) in [4.78, 5) is 15.1. The smallest absolute Gasteiger partial charge is 0.381 e. The van der Waals surface area contributed by atoms with Crippen molar-refractivity contribution in [2.24, 2.45) is 13.0 Å². The number of carbonyl (C=O) groups excluding carboxylic acids is 1. The molecule has 4 aliphatic rings. The molecule has 41 heavy (non-hydrogen) atoms. The molecule has 2 aliphatic carbocycles. The number of anilines is 1. The highest BCUT2D eigenvalue weighted by Crippen LogP contribution is 2.50. The van der Waals surface area contributed by atoms with Gasteiger partial charge in [-0.2, -0.15) is 13.2 Å². The summed E-state index contributed by atoms with van der Waals surface area (Å²) < 4.78 is 56.0. The van der Waals surface area contributed by atoms with Crippen LogP contribution in [0.25, 0.3) is 0 Å². The van der Waals surface area contributed by atoms with Gasteiger partial charge in [0.25, 0.3) is 5.91 Å². The van der Waals surface area contributed by atoms with Gasteiger partial charge in [0, 0.05) is 43.9 Å². The average molecular weight is 568 g/mol. The molecule has 2 aliphatic heterocycles. The fourth-order valence-corrected chi connectivity index (χ4v) is 7.30. The topological polar surface area (TPSA) is 81.5 Å². The summed E-state index contributed by atoms with van der Waals surface area (Å²) in [5.74, 6) is 0.757. The van der Waals surface area contributed by atoms with Crippen LogP contribution in [0, 0.1) is 5.92 Å². The van der Waals surface area contributed by atoms with Gasteiger partial charge in [-0.1, -0.05) is 12.1 Å². The number of aromatic nitrogens is 3. The molecule has 3 heterocycles. The quantitative estimate of drug-likeness (QED) is 0.457. The molecule has 1 saturated heterocycles. The van der Waals surface area contributed by atoms with Crippen molar-refractivity contribution in [3.05, 3.63) is 76.4 Å². The molecule has 216 valence electrons. The fourth-order valence-electron chi connectivity index (χ4n) is 7.30. The van der Waals surface area contributed by atoms with Gasteiger partial charge < -0.3 is 24.3 Å². The minimum atomic E-state index is -4.57. The number of nitrogens with zero attached hydrogens (tertiary/aromatic N) is 4. The summed E-state index contributed by atoms with van der Waals surface area (Å²) in [6, 6.07) is 10.5. The molecule has 3 atom stereocenters. The van der Waals surface area contributed by atoms with Gasteiger partial charge in [0.1, 0.15) is 12.2 Å². The van der Waals surface area contributed by atoms with E-state index < -0.39 is 23.1 Å². The lowest BCUT2D eigenvalue weighted by molar-refractivity contribution is -0.138. The second kappa shape index (κ2) is 9.64. The molecule has 2 bridgehead atoms. The number of nitrogens with one attached hydrogen (secondary N) is 1. The highest BCUT2D eigenvalue weighted by molar-refractivity contribution is 6.10. The molecule has 7 rings (SSSR count). The van der Waals surface area contributed by atoms with Gasteiger partial charge in [-0.15, -0.1) is 10.2 Å². The fraction of sp³-hybridized carbons (Fsp3) is 0.500. The van der Waals surface area contributed by atoms with E-state index in [0.29, 0.717) is 36.6 Å². The van der Waals surface area contributed by atoms with Crippen LogP contribution < -0.4 is 10.2 Å². The normalized spacial score (nSPS) is 28.8. The zero-order chi connectivity index (χ0) is 28.5. The first-order chi connectivity index (χ1) is 19.7. The van der Waals surface area contributed by atoms with Crippen molar-refractivity contribution in [1.82, 2.24) is 20.1 Å². The number of hydrogen-bond acceptors (Lipinski definition) is 6. The molecule has 3 fully saturated rings. The highest BCUT2D eigenvalue weighted by Gasteiger charge is 2.51.